The molecule has 0 fully saturated rings. The average Bonchev–Trinajstić information content (AvgIpc) is 3.58. The molecular formula is C52H35N. The molecule has 53 heavy (non-hydrogen) atoms. The van der Waals surface area contributed by atoms with Gasteiger partial charge < -0.3 is 4.57 Å². The van der Waals surface area contributed by atoms with E-state index in [2.05, 4.69) is 217 Å². The maximum absolute atomic E-state index is 2.43. The molecule has 1 nitrogen and oxygen atoms in total. The summed E-state index contributed by atoms with van der Waals surface area (Å²) in [5, 5.41) is 7.56. The number of rotatable bonds is 6. The van der Waals surface area contributed by atoms with E-state index < -0.39 is 0 Å². The first-order chi connectivity index (χ1) is 26.3. The van der Waals surface area contributed by atoms with Crippen LogP contribution in [0.3, 0.4) is 0 Å². The lowest BCUT2D eigenvalue weighted by molar-refractivity contribution is 1.18. The molecule has 1 aromatic heterocycles. The van der Waals surface area contributed by atoms with Gasteiger partial charge in [0.25, 0.3) is 0 Å². The van der Waals surface area contributed by atoms with Gasteiger partial charge in [0, 0.05) is 16.5 Å². The molecule has 0 N–H and O–H groups in total. The number of para-hydroxylation sites is 2. The Bertz CT molecular complexity index is 2940. The van der Waals surface area contributed by atoms with Crippen molar-refractivity contribution in [1.82, 2.24) is 4.57 Å². The van der Waals surface area contributed by atoms with Crippen LogP contribution in [0.15, 0.2) is 206 Å². The van der Waals surface area contributed by atoms with Gasteiger partial charge in [0.1, 0.15) is 0 Å². The van der Waals surface area contributed by atoms with E-state index in [-0.39, 0.29) is 0 Å². The van der Waals surface area contributed by atoms with Crippen molar-refractivity contribution in [3.05, 3.63) is 223 Å². The standard InChI is InChI=1S/C52H35N/c1-3-14-37(15-4-1)38-30-32-41(33-31-38)48(34-36-26-28-40(29-27-36)44-24-13-17-39-16-7-8-20-43(39)44)49-35-51-52(46-22-10-9-21-45(46)49)47-23-11-12-25-50(47)53(51)42-18-5-2-6-19-42/h1-35H/b48-34+. The maximum atomic E-state index is 2.43. The second-order valence-electron chi connectivity index (χ2n) is 13.7. The van der Waals surface area contributed by atoms with Crippen LogP contribution in [0.1, 0.15) is 16.7 Å². The van der Waals surface area contributed by atoms with Gasteiger partial charge in [-0.15, -0.1) is 0 Å². The summed E-state index contributed by atoms with van der Waals surface area (Å²) in [6.45, 7) is 0. The Morgan fingerprint density at radius 2 is 0.981 bits per heavy atom. The molecule has 0 aliphatic carbocycles. The number of hydrogen-bond donors (Lipinski definition) is 0. The minimum atomic E-state index is 1.15. The lowest BCUT2D eigenvalue weighted by atomic mass is 9.89. The van der Waals surface area contributed by atoms with E-state index in [1.807, 2.05) is 0 Å². The summed E-state index contributed by atoms with van der Waals surface area (Å²) in [7, 11) is 0. The molecule has 1 heteroatoms. The lowest BCUT2D eigenvalue weighted by Gasteiger charge is -2.16. The van der Waals surface area contributed by atoms with Crippen LogP contribution < -0.4 is 0 Å². The Morgan fingerprint density at radius 3 is 1.75 bits per heavy atom. The van der Waals surface area contributed by atoms with Crippen LogP contribution in [-0.4, -0.2) is 4.57 Å². The van der Waals surface area contributed by atoms with E-state index in [1.54, 1.807) is 0 Å². The third-order valence-corrected chi connectivity index (χ3v) is 10.6. The first kappa shape index (κ1) is 30.8. The van der Waals surface area contributed by atoms with Gasteiger partial charge in [-0.2, -0.15) is 0 Å². The van der Waals surface area contributed by atoms with Crippen LogP contribution in [0, 0.1) is 0 Å². The highest BCUT2D eigenvalue weighted by Crippen LogP contribution is 2.42. The van der Waals surface area contributed by atoms with Crippen LogP contribution in [0.4, 0.5) is 0 Å². The Labute approximate surface area is 309 Å². The predicted octanol–water partition coefficient (Wildman–Crippen LogP) is 14.0. The number of aromatic nitrogens is 1. The molecule has 0 radical (unpaired) electrons. The monoisotopic (exact) mass is 673 g/mol. The third kappa shape index (κ3) is 5.42. The fraction of sp³-hybridized carbons (Fsp3) is 0. The fourth-order valence-electron chi connectivity index (χ4n) is 8.10. The van der Waals surface area contributed by atoms with E-state index in [4.69, 9.17) is 0 Å². The second-order valence-corrected chi connectivity index (χ2v) is 13.7. The summed E-state index contributed by atoms with van der Waals surface area (Å²) in [5.41, 5.74) is 13.2. The van der Waals surface area contributed by atoms with Crippen LogP contribution in [0.2, 0.25) is 0 Å². The van der Waals surface area contributed by atoms with Gasteiger partial charge in [-0.05, 0) is 96.4 Å². The molecule has 0 saturated carbocycles. The summed E-state index contributed by atoms with van der Waals surface area (Å²) in [6, 6.07) is 74.8. The first-order valence-corrected chi connectivity index (χ1v) is 18.3. The van der Waals surface area contributed by atoms with Crippen molar-refractivity contribution in [3.8, 4) is 27.9 Å². The molecule has 1 heterocycles. The molecule has 0 spiro atoms. The Hall–Kier alpha value is -6.96. The zero-order chi connectivity index (χ0) is 35.1. The van der Waals surface area contributed by atoms with E-state index in [9.17, 15) is 0 Å². The molecule has 10 aromatic rings. The summed E-state index contributed by atoms with van der Waals surface area (Å²) >= 11 is 0. The molecular weight excluding hydrogens is 639 g/mol. The van der Waals surface area contributed by atoms with E-state index in [1.165, 1.54) is 82.3 Å². The molecule has 9 aromatic carbocycles. The Morgan fingerprint density at radius 1 is 0.396 bits per heavy atom. The second kappa shape index (κ2) is 13.0. The van der Waals surface area contributed by atoms with E-state index in [0.29, 0.717) is 0 Å². The minimum Gasteiger partial charge on any atom is -0.309 e. The third-order valence-electron chi connectivity index (χ3n) is 10.6. The molecule has 0 atom stereocenters. The highest BCUT2D eigenvalue weighted by Gasteiger charge is 2.19. The van der Waals surface area contributed by atoms with E-state index >= 15 is 0 Å². The van der Waals surface area contributed by atoms with Gasteiger partial charge in [0.15, 0.2) is 0 Å². The molecule has 0 bridgehead atoms. The largest absolute Gasteiger partial charge is 0.309 e. The number of hydrogen-bond acceptors (Lipinski definition) is 0. The van der Waals surface area contributed by atoms with Crippen LogP contribution in [-0.2, 0) is 0 Å². The van der Waals surface area contributed by atoms with E-state index in [0.717, 1.165) is 11.3 Å². The Balaban J connectivity index is 1.21. The van der Waals surface area contributed by atoms with Gasteiger partial charge >= 0.3 is 0 Å². The van der Waals surface area contributed by atoms with Gasteiger partial charge in [0.2, 0.25) is 0 Å². The predicted molar refractivity (Wildman–Crippen MR) is 227 cm³/mol. The number of fused-ring (bicyclic) bond motifs is 6. The minimum absolute atomic E-state index is 1.15. The highest BCUT2D eigenvalue weighted by molar-refractivity contribution is 6.24. The van der Waals surface area contributed by atoms with Crippen molar-refractivity contribution in [3.63, 3.8) is 0 Å². The summed E-state index contributed by atoms with van der Waals surface area (Å²) in [4.78, 5) is 0. The zero-order valence-corrected chi connectivity index (χ0v) is 29.2. The topological polar surface area (TPSA) is 4.93 Å². The highest BCUT2D eigenvalue weighted by atomic mass is 15.0. The normalized spacial score (nSPS) is 11.9. The average molecular weight is 674 g/mol. The lowest BCUT2D eigenvalue weighted by Crippen LogP contribution is -1.96. The molecule has 0 amide bonds. The molecule has 0 aliphatic heterocycles. The molecule has 10 rings (SSSR count). The number of nitrogens with zero attached hydrogens (tertiary/aromatic N) is 1. The molecule has 0 unspecified atom stereocenters. The quantitative estimate of drug-likeness (QED) is 0.155. The summed E-state index contributed by atoms with van der Waals surface area (Å²) in [5.74, 6) is 0. The van der Waals surface area contributed by atoms with Crippen LogP contribution in [0.25, 0.3) is 82.9 Å². The smallest absolute Gasteiger partial charge is 0.0553 e. The van der Waals surface area contributed by atoms with Gasteiger partial charge in [-0.1, -0.05) is 182 Å². The summed E-state index contributed by atoms with van der Waals surface area (Å²) in [6.07, 6.45) is 2.37. The fourth-order valence-corrected chi connectivity index (χ4v) is 8.10. The van der Waals surface area contributed by atoms with Crippen molar-refractivity contribution >= 4 is 55.0 Å². The van der Waals surface area contributed by atoms with Crippen LogP contribution in [0.5, 0.6) is 0 Å². The van der Waals surface area contributed by atoms with Gasteiger partial charge in [0.05, 0.1) is 11.0 Å². The van der Waals surface area contributed by atoms with Crippen molar-refractivity contribution in [2.45, 2.75) is 0 Å². The van der Waals surface area contributed by atoms with Crippen molar-refractivity contribution in [1.29, 1.82) is 0 Å². The van der Waals surface area contributed by atoms with Crippen molar-refractivity contribution in [2.75, 3.05) is 0 Å². The maximum Gasteiger partial charge on any atom is 0.0553 e. The first-order valence-electron chi connectivity index (χ1n) is 18.3. The van der Waals surface area contributed by atoms with Gasteiger partial charge in [-0.3, -0.25) is 0 Å². The summed E-state index contributed by atoms with van der Waals surface area (Å²) < 4.78 is 2.43. The zero-order valence-electron chi connectivity index (χ0n) is 29.2. The Kier molecular flexibility index (Phi) is 7.55. The number of benzene rings is 9. The SMILES string of the molecule is C(=C(/c1ccc(-c2ccccc2)cc1)c1cc2c(c3ccccc13)c1ccccc1n2-c1ccccc1)/c1ccc(-c2cccc3ccccc23)cc1. The van der Waals surface area contributed by atoms with Crippen LogP contribution >= 0.6 is 0 Å². The molecule has 248 valence electrons. The molecule has 0 aliphatic rings. The van der Waals surface area contributed by atoms with Crippen molar-refractivity contribution < 1.29 is 0 Å². The molecule has 0 saturated heterocycles. The van der Waals surface area contributed by atoms with Crippen molar-refractivity contribution in [2.24, 2.45) is 0 Å². The van der Waals surface area contributed by atoms with Gasteiger partial charge in [-0.25, -0.2) is 0 Å².